The largest absolute Gasteiger partial charge is 0.466 e. The first-order valence-electron chi connectivity index (χ1n) is 5.44. The predicted molar refractivity (Wildman–Crippen MR) is 70.0 cm³/mol. The summed E-state index contributed by atoms with van der Waals surface area (Å²) in [5, 5.41) is 3.11. The second-order valence-electron chi connectivity index (χ2n) is 3.41. The van der Waals surface area contributed by atoms with Crippen molar-refractivity contribution in [1.82, 2.24) is 5.32 Å². The molecule has 0 aliphatic rings. The molecule has 1 aromatic carbocycles. The van der Waals surface area contributed by atoms with Gasteiger partial charge in [-0.15, -0.1) is 0 Å². The van der Waals surface area contributed by atoms with E-state index in [4.69, 9.17) is 27.9 Å². The van der Waals surface area contributed by atoms with E-state index in [0.29, 0.717) is 6.61 Å². The van der Waals surface area contributed by atoms with Crippen LogP contribution >= 0.6 is 23.2 Å². The Kier molecular flexibility index (Phi) is 5.95. The number of halogens is 2. The van der Waals surface area contributed by atoms with Crippen LogP contribution in [0.1, 0.15) is 23.7 Å². The fraction of sp³-hybridized carbons (Fsp3) is 0.333. The van der Waals surface area contributed by atoms with Crippen molar-refractivity contribution >= 4 is 35.1 Å². The summed E-state index contributed by atoms with van der Waals surface area (Å²) in [5.74, 6) is -0.766. The fourth-order valence-electron chi connectivity index (χ4n) is 1.31. The first kappa shape index (κ1) is 14.8. The summed E-state index contributed by atoms with van der Waals surface area (Å²) < 4.78 is 4.73. The number of carbonyl (C=O) groups is 2. The van der Waals surface area contributed by atoms with Crippen LogP contribution in [0.15, 0.2) is 18.2 Å². The van der Waals surface area contributed by atoms with Gasteiger partial charge < -0.3 is 10.1 Å². The number of esters is 1. The molecule has 1 aromatic rings. The van der Waals surface area contributed by atoms with Crippen LogP contribution in [0, 0.1) is 0 Å². The van der Waals surface area contributed by atoms with Gasteiger partial charge in [-0.3, -0.25) is 9.59 Å². The van der Waals surface area contributed by atoms with Crippen LogP contribution in [-0.4, -0.2) is 25.0 Å². The topological polar surface area (TPSA) is 55.4 Å². The molecule has 0 saturated heterocycles. The number of amides is 1. The third-order valence-electron chi connectivity index (χ3n) is 2.11. The maximum atomic E-state index is 11.8. The number of nitrogens with one attached hydrogen (secondary N) is 1. The normalized spacial score (nSPS) is 9.94. The van der Waals surface area contributed by atoms with Gasteiger partial charge in [0, 0.05) is 6.54 Å². The molecule has 1 amide bonds. The van der Waals surface area contributed by atoms with Gasteiger partial charge in [0.15, 0.2) is 0 Å². The molecule has 6 heteroatoms. The second-order valence-corrected chi connectivity index (χ2v) is 4.22. The highest BCUT2D eigenvalue weighted by atomic mass is 35.5. The molecule has 0 atom stereocenters. The maximum Gasteiger partial charge on any atom is 0.307 e. The molecule has 0 saturated carbocycles. The van der Waals surface area contributed by atoms with E-state index in [2.05, 4.69) is 5.32 Å². The van der Waals surface area contributed by atoms with Crippen molar-refractivity contribution in [2.75, 3.05) is 13.2 Å². The minimum atomic E-state index is -0.408. The van der Waals surface area contributed by atoms with Crippen molar-refractivity contribution in [1.29, 1.82) is 0 Å². The highest BCUT2D eigenvalue weighted by molar-refractivity contribution is 6.39. The fourth-order valence-corrected chi connectivity index (χ4v) is 1.88. The van der Waals surface area contributed by atoms with E-state index in [9.17, 15) is 9.59 Å². The number of carbonyl (C=O) groups excluding carboxylic acids is 2. The van der Waals surface area contributed by atoms with E-state index < -0.39 is 5.91 Å². The Morgan fingerprint density at radius 1 is 1.28 bits per heavy atom. The van der Waals surface area contributed by atoms with Gasteiger partial charge in [-0.1, -0.05) is 29.3 Å². The average Bonchev–Trinajstić information content (AvgIpc) is 2.29. The molecular formula is C12H13Cl2NO3. The van der Waals surface area contributed by atoms with E-state index in [1.54, 1.807) is 25.1 Å². The van der Waals surface area contributed by atoms with Gasteiger partial charge in [-0.25, -0.2) is 0 Å². The highest BCUT2D eigenvalue weighted by Crippen LogP contribution is 2.23. The summed E-state index contributed by atoms with van der Waals surface area (Å²) in [6.45, 7) is 2.22. The van der Waals surface area contributed by atoms with Gasteiger partial charge in [0.05, 0.1) is 28.6 Å². The predicted octanol–water partition coefficient (Wildman–Crippen LogP) is 2.68. The SMILES string of the molecule is CCOC(=O)CCNC(=O)c1c(Cl)cccc1Cl. The van der Waals surface area contributed by atoms with Crippen LogP contribution in [-0.2, 0) is 9.53 Å². The Morgan fingerprint density at radius 3 is 2.44 bits per heavy atom. The molecule has 4 nitrogen and oxygen atoms in total. The molecule has 0 spiro atoms. The Morgan fingerprint density at radius 2 is 1.89 bits per heavy atom. The van der Waals surface area contributed by atoms with Crippen molar-refractivity contribution in [3.05, 3.63) is 33.8 Å². The van der Waals surface area contributed by atoms with E-state index in [1.807, 2.05) is 0 Å². The summed E-state index contributed by atoms with van der Waals surface area (Å²) in [6.07, 6.45) is 0.113. The molecule has 0 unspecified atom stereocenters. The molecule has 1 rings (SSSR count). The molecule has 0 aliphatic heterocycles. The minimum Gasteiger partial charge on any atom is -0.466 e. The van der Waals surface area contributed by atoms with E-state index in [0.717, 1.165) is 0 Å². The van der Waals surface area contributed by atoms with Gasteiger partial charge in [0.25, 0.3) is 5.91 Å². The average molecular weight is 290 g/mol. The standard InChI is InChI=1S/C12H13Cl2NO3/c1-2-18-10(16)6-7-15-12(17)11-8(13)4-3-5-9(11)14/h3-5H,2,6-7H2,1H3,(H,15,17). The third-order valence-corrected chi connectivity index (χ3v) is 2.74. The molecular weight excluding hydrogens is 277 g/mol. The lowest BCUT2D eigenvalue weighted by molar-refractivity contribution is -0.142. The third kappa shape index (κ3) is 4.20. The molecule has 0 radical (unpaired) electrons. The second kappa shape index (κ2) is 7.24. The van der Waals surface area contributed by atoms with Crippen LogP contribution in [0.3, 0.4) is 0 Å². The molecule has 0 heterocycles. The van der Waals surface area contributed by atoms with Gasteiger partial charge >= 0.3 is 5.97 Å². The van der Waals surface area contributed by atoms with Gasteiger partial charge in [0.1, 0.15) is 0 Å². The zero-order chi connectivity index (χ0) is 13.5. The van der Waals surface area contributed by atoms with Crippen molar-refractivity contribution in [2.24, 2.45) is 0 Å². The Hall–Kier alpha value is -1.26. The van der Waals surface area contributed by atoms with Gasteiger partial charge in [-0.2, -0.15) is 0 Å². The van der Waals surface area contributed by atoms with Crippen molar-refractivity contribution < 1.29 is 14.3 Å². The minimum absolute atomic E-state index is 0.113. The monoisotopic (exact) mass is 289 g/mol. The first-order chi connectivity index (χ1) is 8.56. The number of hydrogen-bond acceptors (Lipinski definition) is 3. The van der Waals surface area contributed by atoms with Crippen molar-refractivity contribution in [2.45, 2.75) is 13.3 Å². The maximum absolute atomic E-state index is 11.8. The van der Waals surface area contributed by atoms with Crippen LogP contribution in [0.25, 0.3) is 0 Å². The number of benzene rings is 1. The Balaban J connectivity index is 2.53. The highest BCUT2D eigenvalue weighted by Gasteiger charge is 2.14. The summed E-state index contributed by atoms with van der Waals surface area (Å²) in [5.41, 5.74) is 0.213. The van der Waals surface area contributed by atoms with Crippen molar-refractivity contribution in [3.63, 3.8) is 0 Å². The number of rotatable bonds is 5. The smallest absolute Gasteiger partial charge is 0.307 e. The summed E-state index contributed by atoms with van der Waals surface area (Å²) in [7, 11) is 0. The lowest BCUT2D eigenvalue weighted by Crippen LogP contribution is -2.27. The molecule has 0 aliphatic carbocycles. The van der Waals surface area contributed by atoms with E-state index >= 15 is 0 Å². The molecule has 98 valence electrons. The van der Waals surface area contributed by atoms with Gasteiger partial charge in [-0.05, 0) is 19.1 Å². The zero-order valence-corrected chi connectivity index (χ0v) is 11.3. The van der Waals surface area contributed by atoms with Crippen molar-refractivity contribution in [3.8, 4) is 0 Å². The van der Waals surface area contributed by atoms with E-state index in [1.165, 1.54) is 0 Å². The number of hydrogen-bond donors (Lipinski definition) is 1. The number of ether oxygens (including phenoxy) is 1. The summed E-state index contributed by atoms with van der Waals surface area (Å²) in [4.78, 5) is 22.9. The van der Waals surface area contributed by atoms with Crippen LogP contribution in [0.5, 0.6) is 0 Å². The van der Waals surface area contributed by atoms with Gasteiger partial charge in [0.2, 0.25) is 0 Å². The van der Waals surface area contributed by atoms with Crippen LogP contribution in [0.4, 0.5) is 0 Å². The molecule has 0 aromatic heterocycles. The summed E-state index contributed by atoms with van der Waals surface area (Å²) in [6, 6.07) is 4.81. The molecule has 1 N–H and O–H groups in total. The molecule has 0 fully saturated rings. The van der Waals surface area contributed by atoms with E-state index in [-0.39, 0.29) is 34.5 Å². The molecule has 18 heavy (non-hydrogen) atoms. The zero-order valence-electron chi connectivity index (χ0n) is 9.83. The first-order valence-corrected chi connectivity index (χ1v) is 6.19. The summed E-state index contributed by atoms with van der Waals surface area (Å²) >= 11 is 11.8. The van der Waals surface area contributed by atoms with Crippen LogP contribution < -0.4 is 5.32 Å². The lowest BCUT2D eigenvalue weighted by atomic mass is 10.2. The Bertz CT molecular complexity index is 429. The van der Waals surface area contributed by atoms with Crippen LogP contribution in [0.2, 0.25) is 10.0 Å². The molecule has 0 bridgehead atoms. The quantitative estimate of drug-likeness (QED) is 0.848. The lowest BCUT2D eigenvalue weighted by Gasteiger charge is -2.08. The Labute approximate surface area is 115 Å².